The molecule has 0 radical (unpaired) electrons. The van der Waals surface area contributed by atoms with Crippen LogP contribution in [-0.4, -0.2) is 16.8 Å². The number of hydrogen-bond donors (Lipinski definition) is 2. The van der Waals surface area contributed by atoms with E-state index in [0.717, 1.165) is 6.07 Å². The maximum atomic E-state index is 13.0. The van der Waals surface area contributed by atoms with Gasteiger partial charge in [0, 0.05) is 12.1 Å². The van der Waals surface area contributed by atoms with Crippen LogP contribution < -0.4 is 14.8 Å². The number of nitrogens with zero attached hydrogens (tertiary/aromatic N) is 1. The zero-order valence-electron chi connectivity index (χ0n) is 11.6. The van der Waals surface area contributed by atoms with Gasteiger partial charge in [-0.3, -0.25) is 0 Å². The quantitative estimate of drug-likeness (QED) is 0.747. The Bertz CT molecular complexity index is 848. The van der Waals surface area contributed by atoms with E-state index in [1.165, 1.54) is 18.2 Å². The van der Waals surface area contributed by atoms with E-state index >= 15 is 0 Å². The fourth-order valence-electron chi connectivity index (χ4n) is 2.43. The summed E-state index contributed by atoms with van der Waals surface area (Å²) in [4.78, 5) is 7.17. The molecule has 0 atom stereocenters. The lowest BCUT2D eigenvalue weighted by Gasteiger charge is -2.12. The molecule has 0 unspecified atom stereocenters. The van der Waals surface area contributed by atoms with Gasteiger partial charge in [-0.25, -0.2) is 4.98 Å². The molecule has 0 saturated heterocycles. The number of nitrogens with one attached hydrogen (secondary N) is 2. The molecule has 0 bridgehead atoms. The number of aromatic nitrogens is 2. The Hall–Kier alpha value is -2.90. The number of imidazole rings is 1. The predicted molar refractivity (Wildman–Crippen MR) is 76.9 cm³/mol. The highest BCUT2D eigenvalue weighted by molar-refractivity contribution is 5.82. The molecule has 0 spiro atoms. The van der Waals surface area contributed by atoms with Crippen LogP contribution in [0.4, 0.5) is 24.8 Å². The molecule has 4 rings (SSSR count). The molecule has 2 aromatic carbocycles. The Morgan fingerprint density at radius 3 is 2.61 bits per heavy atom. The molecule has 0 saturated carbocycles. The van der Waals surface area contributed by atoms with Crippen molar-refractivity contribution < 1.29 is 22.6 Å². The average molecular weight is 321 g/mol. The molecule has 1 aliphatic heterocycles. The number of para-hydroxylation sites is 1. The third kappa shape index (κ3) is 2.41. The van der Waals surface area contributed by atoms with Gasteiger partial charge in [0.1, 0.15) is 0 Å². The lowest BCUT2D eigenvalue weighted by Crippen LogP contribution is -2.08. The second-order valence-electron chi connectivity index (χ2n) is 4.98. The monoisotopic (exact) mass is 321 g/mol. The maximum absolute atomic E-state index is 13.0. The molecule has 0 amide bonds. The van der Waals surface area contributed by atoms with Crippen LogP contribution >= 0.6 is 0 Å². The number of halogens is 3. The number of aromatic amines is 1. The summed E-state index contributed by atoms with van der Waals surface area (Å²) in [6.45, 7) is 0.145. The fraction of sp³-hybridized carbons (Fsp3) is 0.133. The Morgan fingerprint density at radius 2 is 1.83 bits per heavy atom. The van der Waals surface area contributed by atoms with Crippen LogP contribution in [-0.2, 0) is 6.18 Å². The van der Waals surface area contributed by atoms with Crippen molar-refractivity contribution in [3.63, 3.8) is 0 Å². The smallest absolute Gasteiger partial charge is 0.418 e. The number of alkyl halides is 3. The van der Waals surface area contributed by atoms with Crippen molar-refractivity contribution in [2.24, 2.45) is 0 Å². The highest BCUT2D eigenvalue weighted by Gasteiger charge is 2.33. The first-order valence-electron chi connectivity index (χ1n) is 6.73. The number of ether oxygens (including phenoxy) is 2. The lowest BCUT2D eigenvalue weighted by molar-refractivity contribution is -0.136. The molecule has 8 heteroatoms. The molecule has 2 N–H and O–H groups in total. The Kier molecular flexibility index (Phi) is 2.87. The highest BCUT2D eigenvalue weighted by atomic mass is 19.4. The molecule has 5 nitrogen and oxygen atoms in total. The molecular weight excluding hydrogens is 311 g/mol. The van der Waals surface area contributed by atoms with E-state index < -0.39 is 11.7 Å². The predicted octanol–water partition coefficient (Wildman–Crippen LogP) is 4.05. The average Bonchev–Trinajstić information content (AvgIpc) is 3.09. The highest BCUT2D eigenvalue weighted by Crippen LogP contribution is 2.37. The van der Waals surface area contributed by atoms with Gasteiger partial charge < -0.3 is 19.8 Å². The van der Waals surface area contributed by atoms with Crippen LogP contribution in [0.2, 0.25) is 0 Å². The van der Waals surface area contributed by atoms with Crippen molar-refractivity contribution in [3.05, 3.63) is 42.0 Å². The first-order chi connectivity index (χ1) is 11.0. The molecule has 118 valence electrons. The Balaban J connectivity index is 1.71. The first kappa shape index (κ1) is 13.7. The Labute approximate surface area is 128 Å². The van der Waals surface area contributed by atoms with Gasteiger partial charge in [0.2, 0.25) is 12.7 Å². The number of benzene rings is 2. The summed E-state index contributed by atoms with van der Waals surface area (Å²) in [5.74, 6) is 1.34. The maximum Gasteiger partial charge on any atom is 0.418 e. The summed E-state index contributed by atoms with van der Waals surface area (Å²) >= 11 is 0. The van der Waals surface area contributed by atoms with E-state index in [1.54, 1.807) is 12.1 Å². The van der Waals surface area contributed by atoms with E-state index in [4.69, 9.17) is 9.47 Å². The van der Waals surface area contributed by atoms with Crippen LogP contribution in [0, 0.1) is 0 Å². The van der Waals surface area contributed by atoms with Gasteiger partial charge in [-0.15, -0.1) is 0 Å². The van der Waals surface area contributed by atoms with Gasteiger partial charge in [-0.05, 0) is 12.1 Å². The number of anilines is 2. The van der Waals surface area contributed by atoms with Crippen molar-refractivity contribution in [2.45, 2.75) is 6.18 Å². The molecule has 3 aromatic rings. The zero-order valence-corrected chi connectivity index (χ0v) is 11.6. The van der Waals surface area contributed by atoms with Gasteiger partial charge in [0.25, 0.3) is 0 Å². The van der Waals surface area contributed by atoms with Crippen molar-refractivity contribution in [3.8, 4) is 11.5 Å². The molecule has 1 aliphatic rings. The van der Waals surface area contributed by atoms with Gasteiger partial charge in [-0.2, -0.15) is 13.2 Å². The van der Waals surface area contributed by atoms with Crippen LogP contribution in [0.15, 0.2) is 36.4 Å². The topological polar surface area (TPSA) is 59.2 Å². The SMILES string of the molecule is FC(F)(F)c1ccccc1Nc1nc2cc3c(cc2[nH]1)OCO3. The molecule has 23 heavy (non-hydrogen) atoms. The van der Waals surface area contributed by atoms with Gasteiger partial charge in [-0.1, -0.05) is 12.1 Å². The lowest BCUT2D eigenvalue weighted by atomic mass is 10.1. The van der Waals surface area contributed by atoms with E-state index in [-0.39, 0.29) is 18.4 Å². The summed E-state index contributed by atoms with van der Waals surface area (Å²) in [6.07, 6.45) is -4.45. The second kappa shape index (κ2) is 4.80. The van der Waals surface area contributed by atoms with Crippen LogP contribution in [0.5, 0.6) is 11.5 Å². The van der Waals surface area contributed by atoms with E-state index in [1.807, 2.05) is 0 Å². The van der Waals surface area contributed by atoms with Crippen molar-refractivity contribution in [1.29, 1.82) is 0 Å². The minimum absolute atomic E-state index is 0.0703. The molecule has 2 heterocycles. The number of fused-ring (bicyclic) bond motifs is 2. The van der Waals surface area contributed by atoms with Crippen molar-refractivity contribution >= 4 is 22.7 Å². The van der Waals surface area contributed by atoms with Crippen molar-refractivity contribution in [2.75, 3.05) is 12.1 Å². The van der Waals surface area contributed by atoms with Gasteiger partial charge in [0.05, 0.1) is 22.3 Å². The van der Waals surface area contributed by atoms with Gasteiger partial charge >= 0.3 is 6.18 Å². The van der Waals surface area contributed by atoms with Crippen molar-refractivity contribution in [1.82, 2.24) is 9.97 Å². The summed E-state index contributed by atoms with van der Waals surface area (Å²) in [6, 6.07) is 8.60. The minimum Gasteiger partial charge on any atom is -0.454 e. The minimum atomic E-state index is -4.45. The summed E-state index contributed by atoms with van der Waals surface area (Å²) in [7, 11) is 0. The number of rotatable bonds is 2. The summed E-state index contributed by atoms with van der Waals surface area (Å²) < 4.78 is 49.5. The van der Waals surface area contributed by atoms with E-state index in [9.17, 15) is 13.2 Å². The normalized spacial score (nSPS) is 13.5. The fourth-order valence-corrected chi connectivity index (χ4v) is 2.43. The largest absolute Gasteiger partial charge is 0.454 e. The zero-order chi connectivity index (χ0) is 16.0. The molecule has 1 aromatic heterocycles. The van der Waals surface area contributed by atoms with Crippen LogP contribution in [0.25, 0.3) is 11.0 Å². The van der Waals surface area contributed by atoms with E-state index in [0.29, 0.717) is 22.5 Å². The van der Waals surface area contributed by atoms with Crippen LogP contribution in [0.3, 0.4) is 0 Å². The van der Waals surface area contributed by atoms with Crippen LogP contribution in [0.1, 0.15) is 5.56 Å². The first-order valence-corrected chi connectivity index (χ1v) is 6.73. The number of hydrogen-bond acceptors (Lipinski definition) is 4. The Morgan fingerprint density at radius 1 is 1.09 bits per heavy atom. The molecule has 0 aliphatic carbocycles. The van der Waals surface area contributed by atoms with Gasteiger partial charge in [0.15, 0.2) is 11.5 Å². The van der Waals surface area contributed by atoms with E-state index in [2.05, 4.69) is 15.3 Å². The number of H-pyrrole nitrogens is 1. The standard InChI is InChI=1S/C15H10F3N3O2/c16-15(17,18)8-3-1-2-4-9(8)19-14-20-10-5-12-13(23-7-22-12)6-11(10)21-14/h1-6H,7H2,(H2,19,20,21). The summed E-state index contributed by atoms with van der Waals surface area (Å²) in [5, 5.41) is 2.68. The summed E-state index contributed by atoms with van der Waals surface area (Å²) in [5.41, 5.74) is 0.385. The third-order valence-corrected chi connectivity index (χ3v) is 3.46. The third-order valence-electron chi connectivity index (χ3n) is 3.46. The molecular formula is C15H10F3N3O2. The second-order valence-corrected chi connectivity index (χ2v) is 4.98. The molecule has 0 fully saturated rings.